The lowest BCUT2D eigenvalue weighted by Gasteiger charge is -2.25. The Morgan fingerprint density at radius 2 is 1.13 bits per heavy atom. The first-order chi connectivity index (χ1) is 29.1. The molecule has 0 saturated carbocycles. The van der Waals surface area contributed by atoms with Crippen LogP contribution in [0.2, 0.25) is 0 Å². The molecule has 6 nitrogen and oxygen atoms in total. The maximum atomic E-state index is 6.92. The Balaban J connectivity index is 1.15. The molecule has 0 fully saturated rings. The topological polar surface area (TPSA) is 38.5 Å². The van der Waals surface area contributed by atoms with Crippen molar-refractivity contribution in [3.8, 4) is 23.0 Å². The fourth-order valence-corrected chi connectivity index (χ4v) is 10.0. The first-order valence-corrected chi connectivity index (χ1v) is 21.6. The second-order valence-corrected chi connectivity index (χ2v) is 18.5. The van der Waals surface area contributed by atoms with Crippen molar-refractivity contribution in [2.24, 2.45) is 0 Å². The molecular formula is C55H55N5O. The fraction of sp³-hybridized carbons (Fsp3) is 0.255. The highest BCUT2D eigenvalue weighted by molar-refractivity contribution is 6.15. The number of hydrogen-bond acceptors (Lipinski definition) is 4. The predicted octanol–water partition coefficient (Wildman–Crippen LogP) is 14.4. The monoisotopic (exact) mass is 801 g/mol. The van der Waals surface area contributed by atoms with Gasteiger partial charge < -0.3 is 19.1 Å². The average molecular weight is 802 g/mol. The number of aryl methyl sites for hydroxylation is 4. The third-order valence-electron chi connectivity index (χ3n) is 14.1. The SMILES string of the molecule is Cc1c(C)c(C)c2c(c1C)c1c(C)c(C)c(C)c(C)c1n2-c1ccnc(-n2c3ccccc3c3ccc(Oc4cc(N5CN(C)c6ccccc65)cc(C(C)(C)C)c4)cc32)c1. The lowest BCUT2D eigenvalue weighted by Crippen LogP contribution is -2.24. The quantitative estimate of drug-likeness (QED) is 0.174. The van der Waals surface area contributed by atoms with Crippen molar-refractivity contribution in [2.75, 3.05) is 23.5 Å². The molecule has 3 aromatic heterocycles. The average Bonchev–Trinajstić information content (AvgIpc) is 3.91. The van der Waals surface area contributed by atoms with Crippen LogP contribution in [0.3, 0.4) is 0 Å². The minimum Gasteiger partial charge on any atom is -0.457 e. The molecule has 1 aliphatic heterocycles. The Hall–Kier alpha value is -6.53. The van der Waals surface area contributed by atoms with Gasteiger partial charge in [0.25, 0.3) is 0 Å². The van der Waals surface area contributed by atoms with E-state index in [-0.39, 0.29) is 5.41 Å². The van der Waals surface area contributed by atoms with Gasteiger partial charge in [-0.05, 0) is 159 Å². The Bertz CT molecular complexity index is 3220. The van der Waals surface area contributed by atoms with Gasteiger partial charge in [0.05, 0.1) is 45.8 Å². The highest BCUT2D eigenvalue weighted by Gasteiger charge is 2.28. The van der Waals surface area contributed by atoms with Gasteiger partial charge in [0, 0.05) is 58.7 Å². The zero-order valence-corrected chi connectivity index (χ0v) is 37.7. The Kier molecular flexibility index (Phi) is 8.71. The third-order valence-corrected chi connectivity index (χ3v) is 14.1. The fourth-order valence-electron chi connectivity index (χ4n) is 10.0. The van der Waals surface area contributed by atoms with Crippen LogP contribution in [0.5, 0.6) is 11.5 Å². The van der Waals surface area contributed by atoms with Gasteiger partial charge in [-0.15, -0.1) is 0 Å². The normalized spacial score (nSPS) is 13.1. The summed E-state index contributed by atoms with van der Waals surface area (Å²) in [6.45, 7) is 25.9. The van der Waals surface area contributed by atoms with Crippen molar-refractivity contribution in [3.63, 3.8) is 0 Å². The van der Waals surface area contributed by atoms with Gasteiger partial charge in [-0.2, -0.15) is 0 Å². The molecule has 0 N–H and O–H groups in total. The van der Waals surface area contributed by atoms with Gasteiger partial charge in [0.2, 0.25) is 0 Å². The highest BCUT2D eigenvalue weighted by Crippen LogP contribution is 2.46. The summed E-state index contributed by atoms with van der Waals surface area (Å²) in [5.74, 6) is 2.45. The summed E-state index contributed by atoms with van der Waals surface area (Å²) in [6, 6.07) is 34.9. The number of para-hydroxylation sites is 3. The van der Waals surface area contributed by atoms with Crippen LogP contribution in [0.4, 0.5) is 17.1 Å². The van der Waals surface area contributed by atoms with Crippen LogP contribution >= 0.6 is 0 Å². The molecule has 306 valence electrons. The lowest BCUT2D eigenvalue weighted by molar-refractivity contribution is 0.479. The minimum absolute atomic E-state index is 0.0772. The molecular weight excluding hydrogens is 747 g/mol. The molecule has 6 aromatic carbocycles. The summed E-state index contributed by atoms with van der Waals surface area (Å²) in [4.78, 5) is 9.80. The molecule has 0 aliphatic carbocycles. The van der Waals surface area contributed by atoms with Gasteiger partial charge in [0.15, 0.2) is 0 Å². The molecule has 0 saturated heterocycles. The van der Waals surface area contributed by atoms with Crippen LogP contribution in [0.25, 0.3) is 55.1 Å². The molecule has 10 rings (SSSR count). The van der Waals surface area contributed by atoms with E-state index in [1.807, 2.05) is 6.20 Å². The van der Waals surface area contributed by atoms with Gasteiger partial charge in [-0.1, -0.05) is 51.1 Å². The number of fused-ring (bicyclic) bond motifs is 7. The van der Waals surface area contributed by atoms with E-state index in [4.69, 9.17) is 9.72 Å². The summed E-state index contributed by atoms with van der Waals surface area (Å²) >= 11 is 0. The number of nitrogens with zero attached hydrogens (tertiary/aromatic N) is 5. The lowest BCUT2D eigenvalue weighted by atomic mass is 9.86. The number of rotatable bonds is 5. The van der Waals surface area contributed by atoms with Gasteiger partial charge in [-0.25, -0.2) is 4.98 Å². The first-order valence-electron chi connectivity index (χ1n) is 21.6. The molecule has 1 aliphatic rings. The van der Waals surface area contributed by atoms with Crippen LogP contribution in [-0.4, -0.2) is 27.8 Å². The molecule has 0 spiro atoms. The van der Waals surface area contributed by atoms with E-state index >= 15 is 0 Å². The van der Waals surface area contributed by atoms with Crippen molar-refractivity contribution < 1.29 is 4.74 Å². The molecule has 0 bridgehead atoms. The van der Waals surface area contributed by atoms with Crippen molar-refractivity contribution in [1.29, 1.82) is 0 Å². The van der Waals surface area contributed by atoms with E-state index in [1.54, 1.807) is 0 Å². The zero-order chi connectivity index (χ0) is 42.8. The van der Waals surface area contributed by atoms with E-state index < -0.39 is 0 Å². The Labute approximate surface area is 359 Å². The smallest absolute Gasteiger partial charge is 0.139 e. The summed E-state index contributed by atoms with van der Waals surface area (Å²) in [5, 5.41) is 5.05. The Morgan fingerprint density at radius 1 is 0.525 bits per heavy atom. The number of aromatic nitrogens is 3. The largest absolute Gasteiger partial charge is 0.457 e. The summed E-state index contributed by atoms with van der Waals surface area (Å²) in [5.41, 5.74) is 21.3. The van der Waals surface area contributed by atoms with Crippen LogP contribution in [0, 0.1) is 55.4 Å². The predicted molar refractivity (Wildman–Crippen MR) is 258 cm³/mol. The third kappa shape index (κ3) is 5.79. The molecule has 6 heteroatoms. The molecule has 0 unspecified atom stereocenters. The highest BCUT2D eigenvalue weighted by atomic mass is 16.5. The molecule has 4 heterocycles. The van der Waals surface area contributed by atoms with E-state index in [1.165, 1.54) is 88.6 Å². The standard InChI is InChI=1S/C55H55N5O/c1-31-33(3)37(7)53-51(35(31)5)52-36(6)32(2)34(4)38(8)54(52)59(53)40-23-24-56-50(28-40)60-46-18-14-13-17-44(46)45-22-21-42(29-49(45)60)61-43-26-39(55(9,10)11)25-41(27-43)58-30-57(12)47-19-15-16-20-48(47)58/h13-29H,30H2,1-12H3. The van der Waals surface area contributed by atoms with E-state index in [2.05, 4.69) is 199 Å². The van der Waals surface area contributed by atoms with E-state index in [0.717, 1.165) is 51.8 Å². The number of benzene rings is 6. The second-order valence-electron chi connectivity index (χ2n) is 18.5. The maximum absolute atomic E-state index is 6.92. The summed E-state index contributed by atoms with van der Waals surface area (Å²) < 4.78 is 11.8. The van der Waals surface area contributed by atoms with Crippen molar-refractivity contribution in [2.45, 2.75) is 81.6 Å². The van der Waals surface area contributed by atoms with E-state index in [0.29, 0.717) is 0 Å². The molecule has 0 radical (unpaired) electrons. The van der Waals surface area contributed by atoms with Crippen molar-refractivity contribution in [3.05, 3.63) is 153 Å². The Morgan fingerprint density at radius 3 is 1.80 bits per heavy atom. The summed E-state index contributed by atoms with van der Waals surface area (Å²) in [6.07, 6.45) is 1.98. The van der Waals surface area contributed by atoms with Crippen LogP contribution in [0.1, 0.15) is 70.8 Å². The van der Waals surface area contributed by atoms with Gasteiger partial charge >= 0.3 is 0 Å². The van der Waals surface area contributed by atoms with Crippen LogP contribution in [-0.2, 0) is 5.41 Å². The second kappa shape index (κ2) is 13.8. The summed E-state index contributed by atoms with van der Waals surface area (Å²) in [7, 11) is 2.15. The van der Waals surface area contributed by atoms with Crippen molar-refractivity contribution in [1.82, 2.24) is 14.1 Å². The van der Waals surface area contributed by atoms with Crippen molar-refractivity contribution >= 4 is 60.7 Å². The molecule has 0 atom stereocenters. The molecule has 0 amide bonds. The minimum atomic E-state index is -0.0772. The number of anilines is 3. The molecule has 61 heavy (non-hydrogen) atoms. The zero-order valence-electron chi connectivity index (χ0n) is 37.7. The number of ether oxygens (including phenoxy) is 1. The number of hydrogen-bond donors (Lipinski definition) is 0. The molecule has 9 aromatic rings. The van der Waals surface area contributed by atoms with Gasteiger partial charge in [-0.3, -0.25) is 4.57 Å². The maximum Gasteiger partial charge on any atom is 0.139 e. The first kappa shape index (κ1) is 38.7. The van der Waals surface area contributed by atoms with Crippen LogP contribution in [0.15, 0.2) is 103 Å². The van der Waals surface area contributed by atoms with Crippen LogP contribution < -0.4 is 14.5 Å². The van der Waals surface area contributed by atoms with E-state index in [9.17, 15) is 0 Å². The van der Waals surface area contributed by atoms with Gasteiger partial charge in [0.1, 0.15) is 17.3 Å². The number of pyridine rings is 1.